The molecule has 0 fully saturated rings. The monoisotopic (exact) mass is 265 g/mol. The van der Waals surface area contributed by atoms with E-state index in [1.807, 2.05) is 6.07 Å². The Bertz CT molecular complexity index is 632. The molecular formula is C15H15N5. The standard InChI is InChI=1S/C15H15N5/c1-3-13(15-5-6-19-20-15)4-2-12(1)9-17-11-14-10-16-7-8-18-14/h1-8,10,17H,9,11H2,(H,19,20). The van der Waals surface area contributed by atoms with E-state index >= 15 is 0 Å². The average Bonchev–Trinajstić information content (AvgIpc) is 3.03. The largest absolute Gasteiger partial charge is 0.307 e. The number of aromatic nitrogens is 4. The maximum Gasteiger partial charge on any atom is 0.0724 e. The van der Waals surface area contributed by atoms with E-state index in [-0.39, 0.29) is 0 Å². The van der Waals surface area contributed by atoms with E-state index in [0.717, 1.165) is 30.0 Å². The number of benzene rings is 1. The van der Waals surface area contributed by atoms with Crippen LogP contribution in [0.3, 0.4) is 0 Å². The number of hydrogen-bond donors (Lipinski definition) is 2. The zero-order valence-electron chi connectivity index (χ0n) is 11.0. The van der Waals surface area contributed by atoms with Crippen LogP contribution in [0.25, 0.3) is 11.3 Å². The molecule has 0 amide bonds. The number of nitrogens with zero attached hydrogens (tertiary/aromatic N) is 3. The number of nitrogens with one attached hydrogen (secondary N) is 2. The van der Waals surface area contributed by atoms with E-state index in [0.29, 0.717) is 0 Å². The Kier molecular flexibility index (Phi) is 3.80. The predicted octanol–water partition coefficient (Wildman–Crippen LogP) is 2.16. The van der Waals surface area contributed by atoms with E-state index in [1.165, 1.54) is 5.56 Å². The molecule has 2 heterocycles. The van der Waals surface area contributed by atoms with Gasteiger partial charge in [-0.1, -0.05) is 24.3 Å². The van der Waals surface area contributed by atoms with Crippen molar-refractivity contribution < 1.29 is 0 Å². The summed E-state index contributed by atoms with van der Waals surface area (Å²) in [6.45, 7) is 1.52. The average molecular weight is 265 g/mol. The summed E-state index contributed by atoms with van der Waals surface area (Å²) in [4.78, 5) is 8.26. The van der Waals surface area contributed by atoms with Crippen LogP contribution in [0.5, 0.6) is 0 Å². The van der Waals surface area contributed by atoms with Gasteiger partial charge in [-0.2, -0.15) is 5.10 Å². The summed E-state index contributed by atoms with van der Waals surface area (Å²) in [7, 11) is 0. The van der Waals surface area contributed by atoms with Gasteiger partial charge in [0.1, 0.15) is 0 Å². The third-order valence-electron chi connectivity index (χ3n) is 3.02. The van der Waals surface area contributed by atoms with Crippen LogP contribution in [-0.4, -0.2) is 20.2 Å². The normalized spacial score (nSPS) is 10.6. The number of aromatic amines is 1. The molecule has 0 unspecified atom stereocenters. The highest BCUT2D eigenvalue weighted by Crippen LogP contribution is 2.16. The Hall–Kier alpha value is -2.53. The highest BCUT2D eigenvalue weighted by Gasteiger charge is 1.99. The van der Waals surface area contributed by atoms with Gasteiger partial charge in [-0.25, -0.2) is 0 Å². The van der Waals surface area contributed by atoms with Crippen molar-refractivity contribution in [3.8, 4) is 11.3 Å². The van der Waals surface area contributed by atoms with Gasteiger partial charge in [-0.3, -0.25) is 15.1 Å². The van der Waals surface area contributed by atoms with Crippen molar-refractivity contribution in [1.82, 2.24) is 25.5 Å². The van der Waals surface area contributed by atoms with Crippen LogP contribution in [-0.2, 0) is 13.1 Å². The third-order valence-corrected chi connectivity index (χ3v) is 3.02. The van der Waals surface area contributed by atoms with Gasteiger partial charge in [-0.05, 0) is 17.2 Å². The van der Waals surface area contributed by atoms with Crippen LogP contribution < -0.4 is 5.32 Å². The second-order valence-electron chi connectivity index (χ2n) is 4.47. The van der Waals surface area contributed by atoms with Crippen molar-refractivity contribution in [2.45, 2.75) is 13.1 Å². The molecule has 1 aromatic carbocycles. The zero-order chi connectivity index (χ0) is 13.6. The molecule has 100 valence electrons. The minimum absolute atomic E-state index is 0.718. The molecule has 3 rings (SSSR count). The van der Waals surface area contributed by atoms with Crippen LogP contribution in [0.2, 0.25) is 0 Å². The van der Waals surface area contributed by atoms with E-state index in [4.69, 9.17) is 0 Å². The maximum absolute atomic E-state index is 4.22. The Balaban J connectivity index is 1.56. The van der Waals surface area contributed by atoms with Gasteiger partial charge in [0.05, 0.1) is 11.4 Å². The molecule has 2 aromatic heterocycles. The molecule has 0 bridgehead atoms. The quantitative estimate of drug-likeness (QED) is 0.742. The molecule has 0 aliphatic heterocycles. The van der Waals surface area contributed by atoms with Crippen LogP contribution in [0.15, 0.2) is 55.1 Å². The fourth-order valence-electron chi connectivity index (χ4n) is 1.97. The topological polar surface area (TPSA) is 66.5 Å². The van der Waals surface area contributed by atoms with E-state index in [2.05, 4.69) is 49.7 Å². The summed E-state index contributed by atoms with van der Waals surface area (Å²) in [6, 6.07) is 10.4. The van der Waals surface area contributed by atoms with Crippen molar-refractivity contribution in [2.24, 2.45) is 0 Å². The summed E-state index contributed by atoms with van der Waals surface area (Å²) < 4.78 is 0. The molecular weight excluding hydrogens is 250 g/mol. The molecule has 20 heavy (non-hydrogen) atoms. The van der Waals surface area contributed by atoms with Gasteiger partial charge in [-0.15, -0.1) is 0 Å². The zero-order valence-corrected chi connectivity index (χ0v) is 11.0. The molecule has 0 saturated carbocycles. The Morgan fingerprint density at radius 3 is 2.55 bits per heavy atom. The highest BCUT2D eigenvalue weighted by atomic mass is 15.1. The number of H-pyrrole nitrogens is 1. The molecule has 0 saturated heterocycles. The fourth-order valence-corrected chi connectivity index (χ4v) is 1.97. The number of rotatable bonds is 5. The first-order chi connectivity index (χ1) is 9.92. The minimum atomic E-state index is 0.718. The summed E-state index contributed by atoms with van der Waals surface area (Å²) in [5, 5.41) is 10.3. The van der Waals surface area contributed by atoms with Crippen LogP contribution >= 0.6 is 0 Å². The molecule has 0 spiro atoms. The Morgan fingerprint density at radius 2 is 1.85 bits per heavy atom. The lowest BCUT2D eigenvalue weighted by Crippen LogP contribution is -2.13. The molecule has 2 N–H and O–H groups in total. The van der Waals surface area contributed by atoms with E-state index in [1.54, 1.807) is 24.8 Å². The lowest BCUT2D eigenvalue weighted by Gasteiger charge is -2.05. The van der Waals surface area contributed by atoms with Gasteiger partial charge < -0.3 is 5.32 Å². The molecule has 0 aliphatic rings. The van der Waals surface area contributed by atoms with Crippen molar-refractivity contribution in [3.05, 3.63) is 66.4 Å². The predicted molar refractivity (Wildman–Crippen MR) is 76.6 cm³/mol. The lowest BCUT2D eigenvalue weighted by atomic mass is 10.1. The van der Waals surface area contributed by atoms with Crippen LogP contribution in [0.4, 0.5) is 0 Å². The second kappa shape index (κ2) is 6.08. The van der Waals surface area contributed by atoms with E-state index in [9.17, 15) is 0 Å². The first-order valence-corrected chi connectivity index (χ1v) is 6.46. The smallest absolute Gasteiger partial charge is 0.0724 e. The fraction of sp³-hybridized carbons (Fsp3) is 0.133. The summed E-state index contributed by atoms with van der Waals surface area (Å²) >= 11 is 0. The van der Waals surface area contributed by atoms with Crippen molar-refractivity contribution in [3.63, 3.8) is 0 Å². The minimum Gasteiger partial charge on any atom is -0.307 e. The van der Waals surface area contributed by atoms with Gasteiger partial charge >= 0.3 is 0 Å². The van der Waals surface area contributed by atoms with Crippen LogP contribution in [0, 0.1) is 0 Å². The third kappa shape index (κ3) is 3.07. The number of hydrogen-bond acceptors (Lipinski definition) is 4. The Morgan fingerprint density at radius 1 is 0.950 bits per heavy atom. The van der Waals surface area contributed by atoms with Crippen molar-refractivity contribution in [1.29, 1.82) is 0 Å². The second-order valence-corrected chi connectivity index (χ2v) is 4.47. The molecule has 0 aliphatic carbocycles. The lowest BCUT2D eigenvalue weighted by molar-refractivity contribution is 0.677. The molecule has 0 radical (unpaired) electrons. The van der Waals surface area contributed by atoms with Gasteiger partial charge in [0, 0.05) is 37.9 Å². The highest BCUT2D eigenvalue weighted by molar-refractivity contribution is 5.58. The summed E-state index contributed by atoms with van der Waals surface area (Å²) in [5.74, 6) is 0. The molecule has 0 atom stereocenters. The first-order valence-electron chi connectivity index (χ1n) is 6.46. The molecule has 5 nitrogen and oxygen atoms in total. The van der Waals surface area contributed by atoms with E-state index < -0.39 is 0 Å². The first kappa shape index (κ1) is 12.5. The summed E-state index contributed by atoms with van der Waals surface area (Å²) in [6.07, 6.45) is 6.91. The summed E-state index contributed by atoms with van der Waals surface area (Å²) in [5.41, 5.74) is 4.35. The van der Waals surface area contributed by atoms with Gasteiger partial charge in [0.25, 0.3) is 0 Å². The van der Waals surface area contributed by atoms with Crippen molar-refractivity contribution in [2.75, 3.05) is 0 Å². The Labute approximate surface area is 117 Å². The van der Waals surface area contributed by atoms with Gasteiger partial charge in [0.2, 0.25) is 0 Å². The SMILES string of the molecule is c1cnc(CNCc2ccc(-c3ccn[nH]3)cc2)cn1. The van der Waals surface area contributed by atoms with Gasteiger partial charge in [0.15, 0.2) is 0 Å². The maximum atomic E-state index is 4.22. The molecule has 3 aromatic rings. The van der Waals surface area contributed by atoms with Crippen LogP contribution in [0.1, 0.15) is 11.3 Å². The van der Waals surface area contributed by atoms with Crippen molar-refractivity contribution >= 4 is 0 Å². The molecule has 5 heteroatoms.